The molecule has 2 atom stereocenters. The van der Waals surface area contributed by atoms with Crippen molar-refractivity contribution in [2.24, 2.45) is 11.8 Å². The normalized spacial score (nSPS) is 35.1. The molecule has 0 amide bonds. The first kappa shape index (κ1) is 12.9. The second-order valence-corrected chi connectivity index (χ2v) is 6.31. The molecule has 0 aromatic carbocycles. The van der Waals surface area contributed by atoms with Gasteiger partial charge in [-0.15, -0.1) is 0 Å². The van der Waals surface area contributed by atoms with Gasteiger partial charge >= 0.3 is 0 Å². The van der Waals surface area contributed by atoms with Gasteiger partial charge in [0.25, 0.3) is 0 Å². The van der Waals surface area contributed by atoms with E-state index in [9.17, 15) is 5.26 Å². The van der Waals surface area contributed by atoms with Crippen LogP contribution in [-0.4, -0.2) is 11.6 Å². The van der Waals surface area contributed by atoms with Crippen molar-refractivity contribution in [1.82, 2.24) is 5.32 Å². The summed E-state index contributed by atoms with van der Waals surface area (Å²) in [5, 5.41) is 13.5. The largest absolute Gasteiger partial charge is 0.296 e. The lowest BCUT2D eigenvalue weighted by atomic mass is 9.68. The van der Waals surface area contributed by atoms with Crippen LogP contribution in [-0.2, 0) is 0 Å². The van der Waals surface area contributed by atoms with E-state index in [2.05, 4.69) is 25.2 Å². The molecule has 0 bridgehead atoms. The third-order valence-electron chi connectivity index (χ3n) is 4.79. The second-order valence-electron chi connectivity index (χ2n) is 6.31. The van der Waals surface area contributed by atoms with Gasteiger partial charge in [0.2, 0.25) is 0 Å². The molecule has 0 radical (unpaired) electrons. The molecule has 2 fully saturated rings. The summed E-state index contributed by atoms with van der Waals surface area (Å²) in [6.45, 7) is 4.55. The van der Waals surface area contributed by atoms with E-state index in [-0.39, 0.29) is 5.54 Å². The molecule has 17 heavy (non-hydrogen) atoms. The fourth-order valence-electron chi connectivity index (χ4n) is 3.89. The average molecular weight is 234 g/mol. The Morgan fingerprint density at radius 3 is 2.35 bits per heavy atom. The second kappa shape index (κ2) is 5.40. The minimum Gasteiger partial charge on any atom is -0.296 e. The van der Waals surface area contributed by atoms with Crippen molar-refractivity contribution in [3.8, 4) is 6.07 Å². The summed E-state index contributed by atoms with van der Waals surface area (Å²) in [6.07, 6.45) is 10.0. The van der Waals surface area contributed by atoms with Gasteiger partial charge in [0.1, 0.15) is 5.54 Å². The lowest BCUT2D eigenvalue weighted by Gasteiger charge is -2.43. The molecule has 2 saturated carbocycles. The zero-order valence-corrected chi connectivity index (χ0v) is 11.3. The van der Waals surface area contributed by atoms with Crippen LogP contribution in [0.5, 0.6) is 0 Å². The highest BCUT2D eigenvalue weighted by Gasteiger charge is 2.43. The molecular formula is C15H26N2. The number of nitriles is 1. The highest BCUT2D eigenvalue weighted by Crippen LogP contribution is 2.39. The van der Waals surface area contributed by atoms with Crippen molar-refractivity contribution < 1.29 is 0 Å². The van der Waals surface area contributed by atoms with Gasteiger partial charge in [-0.05, 0) is 37.5 Å². The summed E-state index contributed by atoms with van der Waals surface area (Å²) in [5.41, 5.74) is -0.221. The molecule has 2 unspecified atom stereocenters. The Kier molecular flexibility index (Phi) is 4.09. The molecule has 1 N–H and O–H groups in total. The lowest BCUT2D eigenvalue weighted by Crippen LogP contribution is -2.56. The highest BCUT2D eigenvalue weighted by atomic mass is 15.0. The predicted octanol–water partition coefficient (Wildman–Crippen LogP) is 3.63. The Balaban J connectivity index is 2.11. The standard InChI is InChI=1S/C15H26N2/c1-12(2)14-9-5-6-10-15(14,11-16)17-13-7-3-4-8-13/h12-14,17H,3-10H2,1-2H3. The molecule has 2 rings (SSSR count). The summed E-state index contributed by atoms with van der Waals surface area (Å²) in [4.78, 5) is 0. The molecule has 2 nitrogen and oxygen atoms in total. The first-order valence-corrected chi connectivity index (χ1v) is 7.37. The minimum absolute atomic E-state index is 0.221. The third-order valence-corrected chi connectivity index (χ3v) is 4.79. The maximum atomic E-state index is 9.71. The molecular weight excluding hydrogens is 208 g/mol. The summed E-state index contributed by atoms with van der Waals surface area (Å²) in [5.74, 6) is 1.16. The molecule has 2 aliphatic rings. The molecule has 2 heteroatoms. The van der Waals surface area contributed by atoms with Crippen molar-refractivity contribution in [3.05, 3.63) is 0 Å². The summed E-state index contributed by atoms with van der Waals surface area (Å²) >= 11 is 0. The van der Waals surface area contributed by atoms with Gasteiger partial charge in [0.15, 0.2) is 0 Å². The Labute approximate surface area is 106 Å². The SMILES string of the molecule is CC(C)C1CCCCC1(C#N)NC1CCCC1. The number of nitrogens with one attached hydrogen (secondary N) is 1. The summed E-state index contributed by atoms with van der Waals surface area (Å²) in [6, 6.07) is 3.27. The van der Waals surface area contributed by atoms with Crippen LogP contribution in [0.25, 0.3) is 0 Å². The van der Waals surface area contributed by atoms with Crippen molar-refractivity contribution in [3.63, 3.8) is 0 Å². The van der Waals surface area contributed by atoms with E-state index in [0.717, 1.165) is 6.42 Å². The Morgan fingerprint density at radius 2 is 1.76 bits per heavy atom. The van der Waals surface area contributed by atoms with E-state index in [1.54, 1.807) is 0 Å². The van der Waals surface area contributed by atoms with Crippen LogP contribution in [0.1, 0.15) is 65.2 Å². The lowest BCUT2D eigenvalue weighted by molar-refractivity contribution is 0.136. The minimum atomic E-state index is -0.221. The number of nitrogens with zero attached hydrogens (tertiary/aromatic N) is 1. The quantitative estimate of drug-likeness (QED) is 0.809. The molecule has 0 saturated heterocycles. The van der Waals surface area contributed by atoms with Gasteiger partial charge in [0.05, 0.1) is 6.07 Å². The fourth-order valence-corrected chi connectivity index (χ4v) is 3.89. The van der Waals surface area contributed by atoms with Crippen LogP contribution in [0.3, 0.4) is 0 Å². The van der Waals surface area contributed by atoms with E-state index in [4.69, 9.17) is 0 Å². The Morgan fingerprint density at radius 1 is 1.12 bits per heavy atom. The van der Waals surface area contributed by atoms with Crippen molar-refractivity contribution >= 4 is 0 Å². The van der Waals surface area contributed by atoms with Crippen molar-refractivity contribution in [1.29, 1.82) is 5.26 Å². The maximum Gasteiger partial charge on any atom is 0.110 e. The predicted molar refractivity (Wildman–Crippen MR) is 70.5 cm³/mol. The van der Waals surface area contributed by atoms with Gasteiger partial charge in [-0.2, -0.15) is 5.26 Å². The zero-order chi connectivity index (χ0) is 12.3. The number of hydrogen-bond acceptors (Lipinski definition) is 2. The highest BCUT2D eigenvalue weighted by molar-refractivity contribution is 5.14. The Bertz CT molecular complexity index is 286. The third kappa shape index (κ3) is 2.65. The molecule has 0 heterocycles. The van der Waals surface area contributed by atoms with E-state index in [1.807, 2.05) is 0 Å². The number of rotatable bonds is 3. The molecule has 96 valence electrons. The molecule has 0 aliphatic heterocycles. The molecule has 0 aromatic heterocycles. The Hall–Kier alpha value is -0.550. The fraction of sp³-hybridized carbons (Fsp3) is 0.933. The molecule has 0 aromatic rings. The monoisotopic (exact) mass is 234 g/mol. The van der Waals surface area contributed by atoms with Gasteiger partial charge in [-0.25, -0.2) is 0 Å². The summed E-state index contributed by atoms with van der Waals surface area (Å²) < 4.78 is 0. The zero-order valence-electron chi connectivity index (χ0n) is 11.3. The molecule has 0 spiro atoms. The van der Waals surface area contributed by atoms with Crippen LogP contribution in [0.15, 0.2) is 0 Å². The first-order chi connectivity index (χ1) is 8.18. The van der Waals surface area contributed by atoms with Crippen molar-refractivity contribution in [2.75, 3.05) is 0 Å². The molecule has 2 aliphatic carbocycles. The van der Waals surface area contributed by atoms with Crippen LogP contribution in [0, 0.1) is 23.2 Å². The van der Waals surface area contributed by atoms with Gasteiger partial charge in [0, 0.05) is 6.04 Å². The van der Waals surface area contributed by atoms with E-state index >= 15 is 0 Å². The van der Waals surface area contributed by atoms with E-state index in [1.165, 1.54) is 44.9 Å². The van der Waals surface area contributed by atoms with Crippen LogP contribution in [0.2, 0.25) is 0 Å². The smallest absolute Gasteiger partial charge is 0.110 e. The number of hydrogen-bond donors (Lipinski definition) is 1. The average Bonchev–Trinajstić information content (AvgIpc) is 2.82. The van der Waals surface area contributed by atoms with Crippen molar-refractivity contribution in [2.45, 2.75) is 76.8 Å². The van der Waals surface area contributed by atoms with Gasteiger partial charge < -0.3 is 0 Å². The maximum absolute atomic E-state index is 9.71. The van der Waals surface area contributed by atoms with Crippen LogP contribution >= 0.6 is 0 Å². The van der Waals surface area contributed by atoms with Gasteiger partial charge in [-0.1, -0.05) is 39.5 Å². The van der Waals surface area contributed by atoms with E-state index in [0.29, 0.717) is 17.9 Å². The van der Waals surface area contributed by atoms with Crippen LogP contribution < -0.4 is 5.32 Å². The first-order valence-electron chi connectivity index (χ1n) is 7.37. The van der Waals surface area contributed by atoms with Crippen LogP contribution in [0.4, 0.5) is 0 Å². The van der Waals surface area contributed by atoms with Gasteiger partial charge in [-0.3, -0.25) is 5.32 Å². The summed E-state index contributed by atoms with van der Waals surface area (Å²) in [7, 11) is 0. The topological polar surface area (TPSA) is 35.8 Å². The van der Waals surface area contributed by atoms with E-state index < -0.39 is 0 Å².